The number of aromatic nitrogens is 3. The Morgan fingerprint density at radius 3 is 2.50 bits per heavy atom. The molecule has 1 atom stereocenters. The van der Waals surface area contributed by atoms with Crippen molar-refractivity contribution in [2.24, 2.45) is 7.05 Å². The second kappa shape index (κ2) is 5.42. The molecule has 0 aliphatic heterocycles. The molecule has 0 saturated heterocycles. The highest BCUT2D eigenvalue weighted by Gasteiger charge is 2.19. The summed E-state index contributed by atoms with van der Waals surface area (Å²) in [4.78, 5) is 13.6. The van der Waals surface area contributed by atoms with E-state index in [1.165, 1.54) is 4.68 Å². The number of benzene rings is 2. The van der Waals surface area contributed by atoms with Crippen LogP contribution in [-0.4, -0.2) is 20.2 Å². The number of hydrogen-bond acceptors (Lipinski definition) is 2. The summed E-state index contributed by atoms with van der Waals surface area (Å²) >= 11 is 0. The summed E-state index contributed by atoms with van der Waals surface area (Å²) in [7, 11) is 0.835. The van der Waals surface area contributed by atoms with Gasteiger partial charge < -0.3 is 0 Å². The van der Waals surface area contributed by atoms with Gasteiger partial charge in [-0.05, 0) is 30.3 Å². The zero-order valence-corrected chi connectivity index (χ0v) is 14.1. The van der Waals surface area contributed by atoms with Crippen LogP contribution in [0.2, 0.25) is 0 Å². The molecule has 120 valence electrons. The molecule has 0 amide bonds. The molecule has 2 aromatic carbocycles. The number of nitrogens with zero attached hydrogens (tertiary/aromatic N) is 2. The smallest absolute Gasteiger partial charge is 0.284 e. The monoisotopic (exact) mass is 338 g/mol. The third kappa shape index (κ3) is 2.18. The van der Waals surface area contributed by atoms with Crippen LogP contribution in [0.5, 0.6) is 0 Å². The Labute approximate surface area is 140 Å². The lowest BCUT2D eigenvalue weighted by Crippen LogP contribution is -2.33. The first kappa shape index (κ1) is 14.8. The minimum Gasteiger partial charge on any atom is -0.284 e. The fourth-order valence-electron chi connectivity index (χ4n) is 3.02. The summed E-state index contributed by atoms with van der Waals surface area (Å²) in [5, 5.41) is 5.29. The minimum atomic E-state index is -1.04. The number of aromatic amines is 1. The second-order valence-electron chi connectivity index (χ2n) is 5.75. The molecule has 0 aliphatic carbocycles. The first-order chi connectivity index (χ1) is 11.6. The van der Waals surface area contributed by atoms with Gasteiger partial charge in [-0.2, -0.15) is 4.57 Å². The fraction of sp³-hybridized carbons (Fsp3) is 0.111. The van der Waals surface area contributed by atoms with Crippen LogP contribution < -0.4 is 10.1 Å². The van der Waals surface area contributed by atoms with Gasteiger partial charge >= 0.3 is 5.56 Å². The first-order valence-corrected chi connectivity index (χ1v) is 9.08. The van der Waals surface area contributed by atoms with Gasteiger partial charge in [0.15, 0.2) is 6.20 Å². The Bertz CT molecular complexity index is 1160. The quantitative estimate of drug-likeness (QED) is 0.569. The van der Waals surface area contributed by atoms with Gasteiger partial charge in [0.25, 0.3) is 5.52 Å². The van der Waals surface area contributed by atoms with Crippen LogP contribution in [0.15, 0.2) is 64.4 Å². The van der Waals surface area contributed by atoms with E-state index >= 15 is 0 Å². The predicted molar refractivity (Wildman–Crippen MR) is 94.9 cm³/mol. The van der Waals surface area contributed by atoms with Crippen LogP contribution in [-0.2, 0) is 17.8 Å². The average Bonchev–Trinajstić information content (AvgIpc) is 2.93. The van der Waals surface area contributed by atoms with Crippen molar-refractivity contribution in [3.8, 4) is 5.69 Å². The van der Waals surface area contributed by atoms with Crippen molar-refractivity contribution in [1.29, 1.82) is 0 Å². The Morgan fingerprint density at radius 2 is 1.79 bits per heavy atom. The average molecular weight is 338 g/mol. The van der Waals surface area contributed by atoms with E-state index in [-0.39, 0.29) is 5.56 Å². The summed E-state index contributed by atoms with van der Waals surface area (Å²) in [6, 6.07) is 15.1. The lowest BCUT2D eigenvalue weighted by atomic mass is 10.1. The summed E-state index contributed by atoms with van der Waals surface area (Å²) < 4.78 is 14.9. The zero-order chi connectivity index (χ0) is 16.8. The van der Waals surface area contributed by atoms with Gasteiger partial charge in [0.2, 0.25) is 0 Å². The van der Waals surface area contributed by atoms with Crippen molar-refractivity contribution in [2.45, 2.75) is 4.90 Å². The maximum Gasteiger partial charge on any atom is 0.344 e. The molecule has 4 aromatic rings. The molecule has 2 heterocycles. The molecule has 1 N–H and O–H groups in total. The molecule has 0 bridgehead atoms. The number of aryl methyl sites for hydroxylation is 1. The van der Waals surface area contributed by atoms with E-state index < -0.39 is 10.8 Å². The van der Waals surface area contributed by atoms with Crippen LogP contribution in [0.25, 0.3) is 27.5 Å². The Balaban J connectivity index is 2.02. The standard InChI is InChI=1S/C18H15N3O2S/c1-20-11-12-5-3-4-6-15(12)16-17(20)18(22)21(19-16)13-7-9-14(10-8-13)24(2)23/h3-11H,1-2H3/p+1. The van der Waals surface area contributed by atoms with Gasteiger partial charge in [-0.25, -0.2) is 4.68 Å². The molecule has 0 aliphatic rings. The van der Waals surface area contributed by atoms with Gasteiger partial charge in [0.05, 0.1) is 5.69 Å². The highest BCUT2D eigenvalue weighted by atomic mass is 32.2. The number of fused-ring (bicyclic) bond motifs is 3. The molecule has 4 rings (SSSR count). The van der Waals surface area contributed by atoms with Gasteiger partial charge in [0.1, 0.15) is 12.6 Å². The van der Waals surface area contributed by atoms with Crippen LogP contribution >= 0.6 is 0 Å². The van der Waals surface area contributed by atoms with Gasteiger partial charge in [0, 0.05) is 32.7 Å². The molecular weight excluding hydrogens is 322 g/mol. The maximum atomic E-state index is 12.9. The maximum absolute atomic E-state index is 12.9. The molecule has 2 aromatic heterocycles. The van der Waals surface area contributed by atoms with Crippen molar-refractivity contribution in [2.75, 3.05) is 6.26 Å². The van der Waals surface area contributed by atoms with Gasteiger partial charge in [-0.1, -0.05) is 18.2 Å². The molecule has 1 unspecified atom stereocenters. The topological polar surface area (TPSA) is 58.7 Å². The minimum absolute atomic E-state index is 0.108. The van der Waals surface area contributed by atoms with Crippen LogP contribution in [0.4, 0.5) is 0 Å². The Morgan fingerprint density at radius 1 is 1.08 bits per heavy atom. The number of H-pyrrole nitrogens is 1. The van der Waals surface area contributed by atoms with E-state index in [4.69, 9.17) is 0 Å². The van der Waals surface area contributed by atoms with E-state index in [0.29, 0.717) is 5.52 Å². The lowest BCUT2D eigenvalue weighted by molar-refractivity contribution is -0.644. The summed E-state index contributed by atoms with van der Waals surface area (Å²) in [6.07, 6.45) is 3.59. The van der Waals surface area contributed by atoms with E-state index in [9.17, 15) is 9.00 Å². The van der Waals surface area contributed by atoms with E-state index in [0.717, 1.165) is 26.9 Å². The van der Waals surface area contributed by atoms with Crippen molar-refractivity contribution in [3.05, 3.63) is 65.1 Å². The fourth-order valence-corrected chi connectivity index (χ4v) is 3.54. The van der Waals surface area contributed by atoms with Crippen molar-refractivity contribution in [1.82, 2.24) is 9.78 Å². The molecule has 6 heteroatoms. The van der Waals surface area contributed by atoms with E-state index in [1.807, 2.05) is 42.1 Å². The summed E-state index contributed by atoms with van der Waals surface area (Å²) in [5.41, 5.74) is 2.04. The van der Waals surface area contributed by atoms with Crippen LogP contribution in [0, 0.1) is 0 Å². The third-order valence-corrected chi connectivity index (χ3v) is 5.14. The van der Waals surface area contributed by atoms with Crippen LogP contribution in [0.3, 0.4) is 0 Å². The van der Waals surface area contributed by atoms with E-state index in [2.05, 4.69) is 5.10 Å². The highest BCUT2D eigenvalue weighted by molar-refractivity contribution is 7.84. The second-order valence-corrected chi connectivity index (χ2v) is 7.13. The molecule has 5 nitrogen and oxygen atoms in total. The largest absolute Gasteiger partial charge is 0.344 e. The molecule has 24 heavy (non-hydrogen) atoms. The lowest BCUT2D eigenvalue weighted by Gasteiger charge is -2.02. The molecule has 0 saturated carbocycles. The normalized spacial score (nSPS) is 12.8. The van der Waals surface area contributed by atoms with Crippen LogP contribution in [0.1, 0.15) is 0 Å². The SMILES string of the molecule is C[n+]1cc2ccccc2c2[nH]n(-c3ccc(S(C)=O)cc3)c(=O)c21. The zero-order valence-electron chi connectivity index (χ0n) is 13.3. The van der Waals surface area contributed by atoms with Crippen molar-refractivity contribution >= 4 is 32.6 Å². The third-order valence-electron chi connectivity index (χ3n) is 4.21. The number of pyridine rings is 1. The number of hydrogen-bond donors (Lipinski definition) is 1. The van der Waals surface area contributed by atoms with Crippen molar-refractivity contribution < 1.29 is 8.78 Å². The summed E-state index contributed by atoms with van der Waals surface area (Å²) in [5.74, 6) is 0. The first-order valence-electron chi connectivity index (χ1n) is 7.52. The molecule has 0 spiro atoms. The highest BCUT2D eigenvalue weighted by Crippen LogP contribution is 2.20. The Hall–Kier alpha value is -2.73. The van der Waals surface area contributed by atoms with Gasteiger partial charge in [-0.15, -0.1) is 0 Å². The molecule has 0 radical (unpaired) electrons. The Kier molecular flexibility index (Phi) is 3.35. The van der Waals surface area contributed by atoms with Crippen molar-refractivity contribution in [3.63, 3.8) is 0 Å². The molecule has 0 fully saturated rings. The number of nitrogens with one attached hydrogen (secondary N) is 1. The number of rotatable bonds is 2. The molecular formula is C18H16N3O2S+. The predicted octanol–water partition coefficient (Wildman–Crippen LogP) is 2.03. The summed E-state index contributed by atoms with van der Waals surface area (Å²) in [6.45, 7) is 0. The van der Waals surface area contributed by atoms with E-state index in [1.54, 1.807) is 30.5 Å². The van der Waals surface area contributed by atoms with Gasteiger partial charge in [-0.3, -0.25) is 14.1 Å².